The van der Waals surface area contributed by atoms with E-state index in [0.717, 1.165) is 22.1 Å². The summed E-state index contributed by atoms with van der Waals surface area (Å²) >= 11 is 1.33. The fraction of sp³-hybridized carbons (Fsp3) is 0.0909. The van der Waals surface area contributed by atoms with E-state index in [-0.39, 0.29) is 0 Å². The number of para-hydroxylation sites is 1. The SMILES string of the molecule is Cc1nnsc1-c1nncn1-c1ccccc1. The first kappa shape index (κ1) is 10.1. The lowest BCUT2D eigenvalue weighted by Gasteiger charge is -2.04. The van der Waals surface area contributed by atoms with E-state index >= 15 is 0 Å². The molecule has 0 saturated heterocycles. The van der Waals surface area contributed by atoms with Crippen LogP contribution >= 0.6 is 11.5 Å². The lowest BCUT2D eigenvalue weighted by atomic mass is 10.3. The average molecular weight is 243 g/mol. The zero-order chi connectivity index (χ0) is 11.7. The summed E-state index contributed by atoms with van der Waals surface area (Å²) in [5, 5.41) is 12.1. The van der Waals surface area contributed by atoms with Crippen molar-refractivity contribution < 1.29 is 0 Å². The molecule has 2 aromatic heterocycles. The zero-order valence-electron chi connectivity index (χ0n) is 9.11. The Hall–Kier alpha value is -2.08. The highest BCUT2D eigenvalue weighted by Crippen LogP contribution is 2.25. The summed E-state index contributed by atoms with van der Waals surface area (Å²) in [6.45, 7) is 1.92. The molecule has 1 aromatic carbocycles. The fourth-order valence-electron chi connectivity index (χ4n) is 1.60. The molecule has 17 heavy (non-hydrogen) atoms. The molecular formula is C11H9N5S. The van der Waals surface area contributed by atoms with Gasteiger partial charge in [-0.3, -0.25) is 4.57 Å². The van der Waals surface area contributed by atoms with E-state index in [9.17, 15) is 0 Å². The molecule has 0 aliphatic rings. The quantitative estimate of drug-likeness (QED) is 0.691. The maximum atomic E-state index is 4.14. The Morgan fingerprint density at radius 3 is 2.65 bits per heavy atom. The Labute approximate surface area is 102 Å². The maximum Gasteiger partial charge on any atom is 0.182 e. The van der Waals surface area contributed by atoms with Gasteiger partial charge in [-0.1, -0.05) is 22.7 Å². The van der Waals surface area contributed by atoms with E-state index in [1.807, 2.05) is 41.8 Å². The van der Waals surface area contributed by atoms with Gasteiger partial charge in [-0.2, -0.15) is 0 Å². The third-order valence-electron chi connectivity index (χ3n) is 2.44. The first-order chi connectivity index (χ1) is 8.36. The van der Waals surface area contributed by atoms with Crippen molar-refractivity contribution in [1.82, 2.24) is 24.4 Å². The number of benzene rings is 1. The zero-order valence-corrected chi connectivity index (χ0v) is 9.92. The van der Waals surface area contributed by atoms with Crippen molar-refractivity contribution in [1.29, 1.82) is 0 Å². The molecule has 84 valence electrons. The molecule has 0 radical (unpaired) electrons. The van der Waals surface area contributed by atoms with Gasteiger partial charge >= 0.3 is 0 Å². The lowest BCUT2D eigenvalue weighted by Crippen LogP contribution is -1.95. The first-order valence-corrected chi connectivity index (χ1v) is 5.88. The van der Waals surface area contributed by atoms with Gasteiger partial charge in [0, 0.05) is 5.69 Å². The van der Waals surface area contributed by atoms with E-state index in [2.05, 4.69) is 19.8 Å². The van der Waals surface area contributed by atoms with Gasteiger partial charge in [0.2, 0.25) is 0 Å². The molecule has 0 spiro atoms. The number of aromatic nitrogens is 5. The minimum atomic E-state index is 0.781. The van der Waals surface area contributed by atoms with Crippen LogP contribution in [0.15, 0.2) is 36.7 Å². The van der Waals surface area contributed by atoms with Crippen LogP contribution in [0.2, 0.25) is 0 Å². The fourth-order valence-corrected chi connectivity index (χ4v) is 2.24. The molecule has 5 nitrogen and oxygen atoms in total. The molecule has 3 rings (SSSR count). The number of rotatable bonds is 2. The predicted octanol–water partition coefficient (Wildman–Crippen LogP) is 2.09. The Kier molecular flexibility index (Phi) is 2.41. The summed E-state index contributed by atoms with van der Waals surface area (Å²) in [6, 6.07) is 9.97. The van der Waals surface area contributed by atoms with Gasteiger partial charge in [-0.25, -0.2) is 0 Å². The number of aryl methyl sites for hydroxylation is 1. The van der Waals surface area contributed by atoms with Crippen molar-refractivity contribution in [3.8, 4) is 16.4 Å². The molecule has 0 N–H and O–H groups in total. The van der Waals surface area contributed by atoms with Gasteiger partial charge in [-0.15, -0.1) is 15.3 Å². The van der Waals surface area contributed by atoms with Crippen molar-refractivity contribution in [2.45, 2.75) is 6.92 Å². The average Bonchev–Trinajstić information content (AvgIpc) is 2.98. The van der Waals surface area contributed by atoms with Crippen LogP contribution in [0.25, 0.3) is 16.4 Å². The summed E-state index contributed by atoms with van der Waals surface area (Å²) in [5.74, 6) is 0.781. The van der Waals surface area contributed by atoms with Crippen LogP contribution in [-0.2, 0) is 0 Å². The van der Waals surface area contributed by atoms with Crippen LogP contribution in [0.3, 0.4) is 0 Å². The van der Waals surface area contributed by atoms with Crippen LogP contribution in [-0.4, -0.2) is 24.4 Å². The van der Waals surface area contributed by atoms with Gasteiger partial charge < -0.3 is 0 Å². The van der Waals surface area contributed by atoms with Crippen LogP contribution in [0.1, 0.15) is 5.69 Å². The molecule has 3 aromatic rings. The highest BCUT2D eigenvalue weighted by Gasteiger charge is 2.14. The van der Waals surface area contributed by atoms with Crippen molar-refractivity contribution in [2.75, 3.05) is 0 Å². The molecule has 0 atom stereocenters. The van der Waals surface area contributed by atoms with Crippen molar-refractivity contribution >= 4 is 11.5 Å². The highest BCUT2D eigenvalue weighted by molar-refractivity contribution is 7.09. The van der Waals surface area contributed by atoms with Crippen LogP contribution in [0.5, 0.6) is 0 Å². The summed E-state index contributed by atoms with van der Waals surface area (Å²) in [6.07, 6.45) is 1.70. The second-order valence-corrected chi connectivity index (χ2v) is 4.30. The molecule has 0 unspecified atom stereocenters. The normalized spacial score (nSPS) is 10.6. The molecule has 0 saturated carbocycles. The number of nitrogens with zero attached hydrogens (tertiary/aromatic N) is 5. The number of hydrogen-bond donors (Lipinski definition) is 0. The monoisotopic (exact) mass is 243 g/mol. The van der Waals surface area contributed by atoms with E-state index in [1.54, 1.807) is 6.33 Å². The minimum absolute atomic E-state index is 0.781. The predicted molar refractivity (Wildman–Crippen MR) is 65.0 cm³/mol. The standard InChI is InChI=1S/C11H9N5S/c1-8-10(17-15-13-8)11-14-12-7-16(11)9-5-3-2-4-6-9/h2-7H,1H3. The Morgan fingerprint density at radius 1 is 1.12 bits per heavy atom. The molecule has 0 aliphatic heterocycles. The molecule has 2 heterocycles. The van der Waals surface area contributed by atoms with Gasteiger partial charge in [-0.05, 0) is 30.6 Å². The third kappa shape index (κ3) is 1.72. The molecular weight excluding hydrogens is 234 g/mol. The minimum Gasteiger partial charge on any atom is -0.281 e. The Bertz CT molecular complexity index is 628. The van der Waals surface area contributed by atoms with Gasteiger partial charge in [0.05, 0.1) is 5.69 Å². The lowest BCUT2D eigenvalue weighted by molar-refractivity contribution is 1.05. The molecule has 6 heteroatoms. The summed E-state index contributed by atoms with van der Waals surface area (Å²) in [5.41, 5.74) is 1.90. The topological polar surface area (TPSA) is 56.5 Å². The first-order valence-electron chi connectivity index (χ1n) is 5.11. The van der Waals surface area contributed by atoms with E-state index < -0.39 is 0 Å². The highest BCUT2D eigenvalue weighted by atomic mass is 32.1. The van der Waals surface area contributed by atoms with Crippen molar-refractivity contribution in [3.05, 3.63) is 42.4 Å². The summed E-state index contributed by atoms with van der Waals surface area (Å²) in [7, 11) is 0. The van der Waals surface area contributed by atoms with Gasteiger partial charge in [0.25, 0.3) is 0 Å². The second-order valence-electron chi connectivity index (χ2n) is 3.55. The third-order valence-corrected chi connectivity index (χ3v) is 3.26. The van der Waals surface area contributed by atoms with Gasteiger partial charge in [0.1, 0.15) is 11.2 Å². The maximum absolute atomic E-state index is 4.14. The van der Waals surface area contributed by atoms with Gasteiger partial charge in [0.15, 0.2) is 5.82 Å². The summed E-state index contributed by atoms with van der Waals surface area (Å²) in [4.78, 5) is 0.950. The van der Waals surface area contributed by atoms with Crippen LogP contribution in [0, 0.1) is 6.92 Å². The number of hydrogen-bond acceptors (Lipinski definition) is 5. The van der Waals surface area contributed by atoms with E-state index in [1.165, 1.54) is 11.5 Å². The molecule has 0 amide bonds. The largest absolute Gasteiger partial charge is 0.281 e. The van der Waals surface area contributed by atoms with E-state index in [4.69, 9.17) is 0 Å². The summed E-state index contributed by atoms with van der Waals surface area (Å²) < 4.78 is 5.86. The molecule has 0 aliphatic carbocycles. The van der Waals surface area contributed by atoms with E-state index in [0.29, 0.717) is 0 Å². The molecule has 0 fully saturated rings. The van der Waals surface area contributed by atoms with Crippen LogP contribution < -0.4 is 0 Å². The smallest absolute Gasteiger partial charge is 0.182 e. The molecule has 0 bridgehead atoms. The Balaban J connectivity index is 2.16. The van der Waals surface area contributed by atoms with Crippen molar-refractivity contribution in [2.24, 2.45) is 0 Å². The Morgan fingerprint density at radius 2 is 1.94 bits per heavy atom. The second kappa shape index (κ2) is 4.06. The van der Waals surface area contributed by atoms with Crippen LogP contribution in [0.4, 0.5) is 0 Å². The van der Waals surface area contributed by atoms with Crippen molar-refractivity contribution in [3.63, 3.8) is 0 Å².